The molecule has 7 nitrogen and oxygen atoms in total. The van der Waals surface area contributed by atoms with Gasteiger partial charge in [0.15, 0.2) is 5.16 Å². The molecule has 4 rings (SSSR count). The molecule has 0 bridgehead atoms. The van der Waals surface area contributed by atoms with E-state index in [1.165, 1.54) is 16.3 Å². The van der Waals surface area contributed by atoms with Gasteiger partial charge in [-0.05, 0) is 24.3 Å². The van der Waals surface area contributed by atoms with E-state index in [-0.39, 0.29) is 17.2 Å². The molecule has 0 spiro atoms. The van der Waals surface area contributed by atoms with Gasteiger partial charge in [-0.1, -0.05) is 53.7 Å². The molecule has 4 aromatic rings. The Bertz CT molecular complexity index is 1300. The zero-order valence-corrected chi connectivity index (χ0v) is 16.8. The van der Waals surface area contributed by atoms with Crippen LogP contribution in [0.1, 0.15) is 0 Å². The smallest absolute Gasteiger partial charge is 0.263 e. The molecule has 2 heterocycles. The molecule has 0 saturated carbocycles. The fourth-order valence-electron chi connectivity index (χ4n) is 3.00. The first-order valence-corrected chi connectivity index (χ1v) is 10.1. The van der Waals surface area contributed by atoms with Crippen LogP contribution in [0.3, 0.4) is 0 Å². The third-order valence-electron chi connectivity index (χ3n) is 4.27. The Hall–Kier alpha value is -3.10. The number of carbonyl (C=O) groups is 1. The van der Waals surface area contributed by atoms with E-state index in [1.807, 2.05) is 18.2 Å². The zero-order valence-electron chi connectivity index (χ0n) is 15.2. The number of aromatic nitrogens is 4. The number of nitrogens with one attached hydrogen (secondary N) is 1. The molecule has 29 heavy (non-hydrogen) atoms. The first-order valence-electron chi connectivity index (χ1n) is 8.75. The van der Waals surface area contributed by atoms with Crippen LogP contribution in [0.5, 0.6) is 0 Å². The van der Waals surface area contributed by atoms with Gasteiger partial charge in [0, 0.05) is 6.54 Å². The fraction of sp³-hybridized carbons (Fsp3) is 0.100. The van der Waals surface area contributed by atoms with Gasteiger partial charge in [0.25, 0.3) is 5.56 Å². The number of thioether (sulfide) groups is 1. The van der Waals surface area contributed by atoms with Crippen LogP contribution in [-0.2, 0) is 11.3 Å². The van der Waals surface area contributed by atoms with Crippen LogP contribution in [0.25, 0.3) is 16.7 Å². The van der Waals surface area contributed by atoms with Gasteiger partial charge in [0.1, 0.15) is 0 Å². The standard InChI is InChI=1S/C20H16ClN5O2S/c1-2-11-25-18(28)13-7-3-6-10-16(13)26-19(25)23-24-20(26)29-12-17(27)22-15-9-5-4-8-14(15)21/h2-10H,1,11-12H2,(H,22,27). The van der Waals surface area contributed by atoms with Crippen molar-refractivity contribution in [3.8, 4) is 0 Å². The number of nitrogens with zero attached hydrogens (tertiary/aromatic N) is 4. The fourth-order valence-corrected chi connectivity index (χ4v) is 3.92. The Balaban J connectivity index is 1.68. The van der Waals surface area contributed by atoms with Crippen LogP contribution >= 0.6 is 23.4 Å². The van der Waals surface area contributed by atoms with Crippen molar-refractivity contribution in [2.24, 2.45) is 0 Å². The highest BCUT2D eigenvalue weighted by molar-refractivity contribution is 7.99. The van der Waals surface area contributed by atoms with Gasteiger partial charge in [0.05, 0.1) is 27.4 Å². The van der Waals surface area contributed by atoms with Gasteiger partial charge in [-0.2, -0.15) is 0 Å². The van der Waals surface area contributed by atoms with Gasteiger partial charge in [-0.15, -0.1) is 16.8 Å². The molecule has 0 aliphatic heterocycles. The summed E-state index contributed by atoms with van der Waals surface area (Å²) in [6, 6.07) is 14.3. The highest BCUT2D eigenvalue weighted by atomic mass is 35.5. The van der Waals surface area contributed by atoms with E-state index in [0.717, 1.165) is 0 Å². The summed E-state index contributed by atoms with van der Waals surface area (Å²) in [4.78, 5) is 25.2. The van der Waals surface area contributed by atoms with Crippen molar-refractivity contribution >= 4 is 51.6 Å². The summed E-state index contributed by atoms with van der Waals surface area (Å²) in [5, 5.41) is 12.7. The summed E-state index contributed by atoms with van der Waals surface area (Å²) >= 11 is 7.32. The molecular weight excluding hydrogens is 410 g/mol. The topological polar surface area (TPSA) is 81.3 Å². The number of anilines is 1. The predicted molar refractivity (Wildman–Crippen MR) is 116 cm³/mol. The summed E-state index contributed by atoms with van der Waals surface area (Å²) < 4.78 is 3.30. The molecule has 1 amide bonds. The average Bonchev–Trinajstić information content (AvgIpc) is 3.15. The van der Waals surface area contributed by atoms with Gasteiger partial charge in [-0.3, -0.25) is 18.6 Å². The maximum atomic E-state index is 12.8. The second-order valence-electron chi connectivity index (χ2n) is 6.16. The molecule has 0 atom stereocenters. The van der Waals surface area contributed by atoms with E-state index < -0.39 is 0 Å². The number of carbonyl (C=O) groups excluding carboxylic acids is 1. The minimum absolute atomic E-state index is 0.112. The van der Waals surface area contributed by atoms with Crippen LogP contribution in [0.2, 0.25) is 5.02 Å². The maximum Gasteiger partial charge on any atom is 0.263 e. The molecule has 9 heteroatoms. The average molecular weight is 426 g/mol. The van der Waals surface area contributed by atoms with E-state index in [4.69, 9.17) is 11.6 Å². The summed E-state index contributed by atoms with van der Waals surface area (Å²) in [6.07, 6.45) is 1.63. The quantitative estimate of drug-likeness (QED) is 0.377. The highest BCUT2D eigenvalue weighted by Crippen LogP contribution is 2.23. The summed E-state index contributed by atoms with van der Waals surface area (Å²) in [5.74, 6) is 0.298. The Labute approximate surface area is 175 Å². The van der Waals surface area contributed by atoms with Gasteiger partial charge < -0.3 is 5.32 Å². The Morgan fingerprint density at radius 2 is 1.93 bits per heavy atom. The number of hydrogen-bond donors (Lipinski definition) is 1. The van der Waals surface area contributed by atoms with Crippen molar-refractivity contribution < 1.29 is 4.79 Å². The number of halogens is 1. The highest BCUT2D eigenvalue weighted by Gasteiger charge is 2.17. The van der Waals surface area contributed by atoms with Gasteiger partial charge >= 0.3 is 0 Å². The van der Waals surface area contributed by atoms with Crippen molar-refractivity contribution in [1.82, 2.24) is 19.2 Å². The second-order valence-corrected chi connectivity index (χ2v) is 7.51. The molecular formula is C20H16ClN5O2S. The molecule has 1 N–H and O–H groups in total. The first-order chi connectivity index (χ1) is 14.1. The normalized spacial score (nSPS) is 11.1. The molecule has 2 aromatic carbocycles. The largest absolute Gasteiger partial charge is 0.324 e. The zero-order chi connectivity index (χ0) is 20.4. The van der Waals surface area contributed by atoms with Crippen LogP contribution in [0, 0.1) is 0 Å². The predicted octanol–water partition coefficient (Wildman–Crippen LogP) is 3.61. The molecule has 0 aliphatic carbocycles. The summed E-state index contributed by atoms with van der Waals surface area (Å²) in [6.45, 7) is 4.02. The number of amides is 1. The number of hydrogen-bond acceptors (Lipinski definition) is 5. The van der Waals surface area contributed by atoms with E-state index in [9.17, 15) is 9.59 Å². The van der Waals surface area contributed by atoms with Crippen molar-refractivity contribution in [1.29, 1.82) is 0 Å². The summed E-state index contributed by atoms with van der Waals surface area (Å²) in [7, 11) is 0. The number of para-hydroxylation sites is 2. The van der Waals surface area contributed by atoms with Crippen molar-refractivity contribution in [2.45, 2.75) is 11.7 Å². The van der Waals surface area contributed by atoms with Gasteiger partial charge in [-0.25, -0.2) is 0 Å². The maximum absolute atomic E-state index is 12.8. The third kappa shape index (κ3) is 3.64. The van der Waals surface area contributed by atoms with Crippen molar-refractivity contribution in [3.63, 3.8) is 0 Å². The molecule has 146 valence electrons. The van der Waals surface area contributed by atoms with E-state index in [2.05, 4.69) is 22.1 Å². The lowest BCUT2D eigenvalue weighted by Crippen LogP contribution is -2.22. The Morgan fingerprint density at radius 1 is 1.17 bits per heavy atom. The molecule has 0 aliphatic rings. The van der Waals surface area contributed by atoms with Crippen LogP contribution in [0.4, 0.5) is 5.69 Å². The Morgan fingerprint density at radius 3 is 2.72 bits per heavy atom. The molecule has 0 radical (unpaired) electrons. The minimum atomic E-state index is -0.219. The van der Waals surface area contributed by atoms with E-state index >= 15 is 0 Å². The van der Waals surface area contributed by atoms with Gasteiger partial charge in [0.2, 0.25) is 11.7 Å². The van der Waals surface area contributed by atoms with Crippen LogP contribution in [-0.4, -0.2) is 30.8 Å². The lowest BCUT2D eigenvalue weighted by Gasteiger charge is -2.10. The lowest BCUT2D eigenvalue weighted by molar-refractivity contribution is -0.113. The van der Waals surface area contributed by atoms with Crippen molar-refractivity contribution in [2.75, 3.05) is 11.1 Å². The monoisotopic (exact) mass is 425 g/mol. The Kier molecular flexibility index (Phi) is 5.37. The minimum Gasteiger partial charge on any atom is -0.324 e. The molecule has 2 aromatic heterocycles. The van der Waals surface area contributed by atoms with Crippen molar-refractivity contribution in [3.05, 3.63) is 76.6 Å². The second kappa shape index (κ2) is 8.10. The number of fused-ring (bicyclic) bond motifs is 3. The SMILES string of the molecule is C=CCn1c(=O)c2ccccc2n2c(SCC(=O)Nc3ccccc3Cl)nnc12. The number of allylic oxidation sites excluding steroid dienone is 1. The molecule has 0 unspecified atom stereocenters. The van der Waals surface area contributed by atoms with Crippen LogP contribution < -0.4 is 10.9 Å². The number of benzene rings is 2. The molecule has 0 fully saturated rings. The first kappa shape index (κ1) is 19.2. The lowest BCUT2D eigenvalue weighted by atomic mass is 10.2. The number of rotatable bonds is 6. The third-order valence-corrected chi connectivity index (χ3v) is 5.53. The molecule has 0 saturated heterocycles. The van der Waals surface area contributed by atoms with Crippen LogP contribution in [0.15, 0.2) is 71.1 Å². The van der Waals surface area contributed by atoms with E-state index in [0.29, 0.717) is 39.1 Å². The summed E-state index contributed by atoms with van der Waals surface area (Å²) in [5.41, 5.74) is 1.08. The van der Waals surface area contributed by atoms with E-state index in [1.54, 1.807) is 40.8 Å².